The highest BCUT2D eigenvalue weighted by Crippen LogP contribution is 2.22. The highest BCUT2D eigenvalue weighted by atomic mass is 16.5. The second-order valence-electron chi connectivity index (χ2n) is 6.39. The van der Waals surface area contributed by atoms with Gasteiger partial charge in [0.2, 0.25) is 11.8 Å². The van der Waals surface area contributed by atoms with Crippen LogP contribution in [-0.4, -0.2) is 55.3 Å². The van der Waals surface area contributed by atoms with Gasteiger partial charge in [-0.05, 0) is 37.1 Å². The van der Waals surface area contributed by atoms with Crippen molar-refractivity contribution in [3.05, 3.63) is 42.1 Å². The van der Waals surface area contributed by atoms with Gasteiger partial charge in [0, 0.05) is 38.4 Å². The van der Waals surface area contributed by atoms with Crippen molar-refractivity contribution < 1.29 is 9.47 Å². The Balaban J connectivity index is 1.63. The van der Waals surface area contributed by atoms with Crippen molar-refractivity contribution in [1.82, 2.24) is 14.9 Å². The summed E-state index contributed by atoms with van der Waals surface area (Å²) in [5.41, 5.74) is 1.31. The molecule has 0 amide bonds. The Labute approximate surface area is 149 Å². The van der Waals surface area contributed by atoms with Gasteiger partial charge in [-0.15, -0.1) is 0 Å². The molecule has 3 rings (SSSR count). The molecule has 0 spiro atoms. The zero-order chi connectivity index (χ0) is 17.6. The van der Waals surface area contributed by atoms with Gasteiger partial charge >= 0.3 is 0 Å². The van der Waals surface area contributed by atoms with E-state index in [1.807, 2.05) is 12.1 Å². The Morgan fingerprint density at radius 1 is 1.16 bits per heavy atom. The number of likely N-dealkylation sites (N-methyl/N-ethyl adjacent to an activating group) is 1. The zero-order valence-corrected chi connectivity index (χ0v) is 15.2. The van der Waals surface area contributed by atoms with Crippen LogP contribution in [0.1, 0.15) is 18.4 Å². The molecule has 1 saturated heterocycles. The smallest absolute Gasteiger partial charge is 0.228 e. The molecule has 1 aliphatic rings. The lowest BCUT2D eigenvalue weighted by atomic mass is 10.0. The number of hydrogen-bond acceptors (Lipinski definition) is 6. The molecule has 1 fully saturated rings. The average Bonchev–Trinajstić information content (AvgIpc) is 2.68. The van der Waals surface area contributed by atoms with Gasteiger partial charge in [0.05, 0.1) is 14.2 Å². The van der Waals surface area contributed by atoms with Crippen LogP contribution in [0.4, 0.5) is 5.95 Å². The normalized spacial score (nSPS) is 18.0. The van der Waals surface area contributed by atoms with Crippen LogP contribution < -0.4 is 14.4 Å². The molecule has 1 aromatic heterocycles. The average molecular weight is 342 g/mol. The molecule has 1 atom stereocenters. The molecule has 0 bridgehead atoms. The standard InChI is InChI=1S/C19H26N4O2/c1-22(19-20-11-10-18(21-19)25-3)16-5-4-12-23(14-16)13-15-6-8-17(24-2)9-7-15/h6-11,16H,4-5,12-14H2,1-3H3. The van der Waals surface area contributed by atoms with Crippen LogP contribution >= 0.6 is 0 Å². The zero-order valence-electron chi connectivity index (χ0n) is 15.2. The first kappa shape index (κ1) is 17.5. The van der Waals surface area contributed by atoms with Crippen LogP contribution in [0.25, 0.3) is 0 Å². The molecule has 0 radical (unpaired) electrons. The first-order valence-electron chi connectivity index (χ1n) is 8.64. The Bertz CT molecular complexity index is 677. The summed E-state index contributed by atoms with van der Waals surface area (Å²) in [6.07, 6.45) is 4.07. The largest absolute Gasteiger partial charge is 0.497 e. The van der Waals surface area contributed by atoms with Gasteiger partial charge < -0.3 is 14.4 Å². The quantitative estimate of drug-likeness (QED) is 0.804. The topological polar surface area (TPSA) is 50.7 Å². The summed E-state index contributed by atoms with van der Waals surface area (Å²) in [5.74, 6) is 2.22. The highest BCUT2D eigenvalue weighted by molar-refractivity contribution is 5.33. The lowest BCUT2D eigenvalue weighted by molar-refractivity contribution is 0.198. The van der Waals surface area contributed by atoms with Crippen LogP contribution in [0.2, 0.25) is 0 Å². The van der Waals surface area contributed by atoms with Crippen LogP contribution in [0.5, 0.6) is 11.6 Å². The Hall–Kier alpha value is -2.34. The summed E-state index contributed by atoms with van der Waals surface area (Å²) in [6.45, 7) is 3.08. The van der Waals surface area contributed by atoms with Crippen LogP contribution in [0, 0.1) is 0 Å². The summed E-state index contributed by atoms with van der Waals surface area (Å²) < 4.78 is 10.4. The molecule has 2 aromatic rings. The second kappa shape index (κ2) is 8.16. The van der Waals surface area contributed by atoms with Gasteiger partial charge in [-0.3, -0.25) is 4.90 Å². The number of benzene rings is 1. The molecule has 134 valence electrons. The van der Waals surface area contributed by atoms with E-state index in [9.17, 15) is 0 Å². The molecule has 1 aromatic carbocycles. The SMILES string of the molecule is COc1ccc(CN2CCCC(N(C)c3nccc(OC)n3)C2)cc1. The van der Waals surface area contributed by atoms with Crippen molar-refractivity contribution in [3.8, 4) is 11.6 Å². The third-order valence-electron chi connectivity index (χ3n) is 4.74. The van der Waals surface area contributed by atoms with E-state index in [4.69, 9.17) is 9.47 Å². The number of aromatic nitrogens is 2. The van der Waals surface area contributed by atoms with E-state index in [2.05, 4.69) is 38.9 Å². The van der Waals surface area contributed by atoms with E-state index in [-0.39, 0.29) is 0 Å². The Morgan fingerprint density at radius 3 is 2.68 bits per heavy atom. The van der Waals surface area contributed by atoms with Gasteiger partial charge in [0.1, 0.15) is 5.75 Å². The van der Waals surface area contributed by atoms with Gasteiger partial charge in [0.15, 0.2) is 0 Å². The first-order valence-corrected chi connectivity index (χ1v) is 8.64. The number of methoxy groups -OCH3 is 2. The van der Waals surface area contributed by atoms with E-state index in [0.29, 0.717) is 11.9 Å². The van der Waals surface area contributed by atoms with Crippen LogP contribution in [0.15, 0.2) is 36.5 Å². The second-order valence-corrected chi connectivity index (χ2v) is 6.39. The van der Waals surface area contributed by atoms with Crippen LogP contribution in [-0.2, 0) is 6.54 Å². The summed E-state index contributed by atoms with van der Waals surface area (Å²) in [5, 5.41) is 0. The third kappa shape index (κ3) is 4.39. The van der Waals surface area contributed by atoms with Gasteiger partial charge in [-0.2, -0.15) is 4.98 Å². The fourth-order valence-electron chi connectivity index (χ4n) is 3.26. The van der Waals surface area contributed by atoms with E-state index in [0.717, 1.165) is 37.8 Å². The van der Waals surface area contributed by atoms with Crippen molar-refractivity contribution in [2.45, 2.75) is 25.4 Å². The predicted octanol–water partition coefficient (Wildman–Crippen LogP) is 2.59. The number of anilines is 1. The van der Waals surface area contributed by atoms with Gasteiger partial charge in [0.25, 0.3) is 0 Å². The molecule has 1 unspecified atom stereocenters. The molecule has 6 nitrogen and oxygen atoms in total. The number of likely N-dealkylation sites (tertiary alicyclic amines) is 1. The molecular formula is C19H26N4O2. The van der Waals surface area contributed by atoms with Crippen molar-refractivity contribution in [1.29, 1.82) is 0 Å². The molecule has 2 heterocycles. The van der Waals surface area contributed by atoms with Crippen molar-refractivity contribution >= 4 is 5.95 Å². The fraction of sp³-hybridized carbons (Fsp3) is 0.474. The van der Waals surface area contributed by atoms with Gasteiger partial charge in [-0.25, -0.2) is 4.98 Å². The van der Waals surface area contributed by atoms with E-state index >= 15 is 0 Å². The number of ether oxygens (including phenoxy) is 2. The molecule has 0 N–H and O–H groups in total. The Kier molecular flexibility index (Phi) is 5.71. The van der Waals surface area contributed by atoms with Crippen LogP contribution in [0.3, 0.4) is 0 Å². The number of nitrogens with zero attached hydrogens (tertiary/aromatic N) is 4. The predicted molar refractivity (Wildman–Crippen MR) is 98.3 cm³/mol. The minimum absolute atomic E-state index is 0.402. The minimum Gasteiger partial charge on any atom is -0.497 e. The number of piperidine rings is 1. The van der Waals surface area contributed by atoms with E-state index in [1.54, 1.807) is 26.5 Å². The summed E-state index contributed by atoms with van der Waals surface area (Å²) >= 11 is 0. The number of rotatable bonds is 6. The maximum absolute atomic E-state index is 5.23. The molecule has 6 heteroatoms. The maximum atomic E-state index is 5.23. The molecule has 25 heavy (non-hydrogen) atoms. The molecule has 1 aliphatic heterocycles. The highest BCUT2D eigenvalue weighted by Gasteiger charge is 2.25. The van der Waals surface area contributed by atoms with E-state index in [1.165, 1.54) is 12.0 Å². The van der Waals surface area contributed by atoms with Crippen molar-refractivity contribution in [2.24, 2.45) is 0 Å². The minimum atomic E-state index is 0.402. The first-order chi connectivity index (χ1) is 12.2. The third-order valence-corrected chi connectivity index (χ3v) is 4.74. The maximum Gasteiger partial charge on any atom is 0.228 e. The van der Waals surface area contributed by atoms with E-state index < -0.39 is 0 Å². The fourth-order valence-corrected chi connectivity index (χ4v) is 3.26. The molecular weight excluding hydrogens is 316 g/mol. The summed E-state index contributed by atoms with van der Waals surface area (Å²) in [6, 6.07) is 10.5. The van der Waals surface area contributed by atoms with Gasteiger partial charge in [-0.1, -0.05) is 12.1 Å². The Morgan fingerprint density at radius 2 is 1.96 bits per heavy atom. The van der Waals surface area contributed by atoms with Crippen molar-refractivity contribution in [3.63, 3.8) is 0 Å². The lowest BCUT2D eigenvalue weighted by Crippen LogP contribution is -2.46. The molecule has 0 aliphatic carbocycles. The lowest BCUT2D eigenvalue weighted by Gasteiger charge is -2.37. The molecule has 0 saturated carbocycles. The summed E-state index contributed by atoms with van der Waals surface area (Å²) in [4.78, 5) is 13.5. The number of hydrogen-bond donors (Lipinski definition) is 0. The summed E-state index contributed by atoms with van der Waals surface area (Å²) in [7, 11) is 5.39. The van der Waals surface area contributed by atoms with Crippen molar-refractivity contribution in [2.75, 3.05) is 39.3 Å². The monoisotopic (exact) mass is 342 g/mol.